The van der Waals surface area contributed by atoms with Gasteiger partial charge in [0.1, 0.15) is 0 Å². The molecule has 0 amide bonds. The van der Waals surface area contributed by atoms with Crippen LogP contribution in [0.15, 0.2) is 30.3 Å². The normalized spacial score (nSPS) is 14.0. The Balaban J connectivity index is 2.53. The van der Waals surface area contributed by atoms with Crippen LogP contribution in [0.5, 0.6) is 0 Å². The molecule has 3 N–H and O–H groups in total. The molecule has 1 rings (SSSR count). The molecule has 0 radical (unpaired) electrons. The minimum Gasteiger partial charge on any atom is -0.481 e. The van der Waals surface area contributed by atoms with Gasteiger partial charge in [-0.15, -0.1) is 0 Å². The second kappa shape index (κ2) is 8.67. The predicted molar refractivity (Wildman–Crippen MR) is 74.9 cm³/mol. The highest BCUT2D eigenvalue weighted by Crippen LogP contribution is 2.15. The molecular weight excluding hydrogens is 242 g/mol. The molecule has 0 heterocycles. The second-order valence-corrected chi connectivity index (χ2v) is 4.81. The van der Waals surface area contributed by atoms with Gasteiger partial charge in [-0.05, 0) is 24.4 Å². The maximum atomic E-state index is 10.8. The van der Waals surface area contributed by atoms with Crippen molar-refractivity contribution in [2.75, 3.05) is 13.2 Å². The zero-order valence-corrected chi connectivity index (χ0v) is 11.4. The number of benzene rings is 1. The highest BCUT2D eigenvalue weighted by Gasteiger charge is 2.15. The smallest absolute Gasteiger partial charge is 0.303 e. The molecule has 0 aliphatic heterocycles. The van der Waals surface area contributed by atoms with Gasteiger partial charge in [-0.3, -0.25) is 4.79 Å². The molecule has 0 aromatic heterocycles. The number of aliphatic carboxylic acids is 1. The molecule has 1 aromatic rings. The zero-order chi connectivity index (χ0) is 14.1. The van der Waals surface area contributed by atoms with Crippen LogP contribution < -0.4 is 5.32 Å². The molecule has 2 atom stereocenters. The summed E-state index contributed by atoms with van der Waals surface area (Å²) in [6.45, 7) is 2.67. The van der Waals surface area contributed by atoms with Crippen LogP contribution in [-0.4, -0.2) is 29.3 Å². The first-order valence-corrected chi connectivity index (χ1v) is 6.78. The highest BCUT2D eigenvalue weighted by atomic mass is 16.4. The Morgan fingerprint density at radius 1 is 1.32 bits per heavy atom. The van der Waals surface area contributed by atoms with Crippen LogP contribution in [-0.2, 0) is 4.79 Å². The summed E-state index contributed by atoms with van der Waals surface area (Å²) in [6, 6.07) is 9.58. The molecule has 4 heteroatoms. The monoisotopic (exact) mass is 265 g/mol. The molecule has 0 bridgehead atoms. The summed E-state index contributed by atoms with van der Waals surface area (Å²) in [5.74, 6) is -0.652. The zero-order valence-electron chi connectivity index (χ0n) is 11.4. The molecule has 4 nitrogen and oxygen atoms in total. The van der Waals surface area contributed by atoms with E-state index in [1.54, 1.807) is 0 Å². The fourth-order valence-electron chi connectivity index (χ4n) is 2.21. The molecule has 106 valence electrons. The molecule has 0 aliphatic carbocycles. The van der Waals surface area contributed by atoms with Gasteiger partial charge in [0.05, 0.1) is 12.6 Å². The average molecular weight is 265 g/mol. The van der Waals surface area contributed by atoms with E-state index in [2.05, 4.69) is 12.2 Å². The van der Waals surface area contributed by atoms with Crippen LogP contribution in [0.2, 0.25) is 0 Å². The van der Waals surface area contributed by atoms with Crippen molar-refractivity contribution >= 4 is 5.97 Å². The third kappa shape index (κ3) is 5.85. The molecule has 0 saturated heterocycles. The van der Waals surface area contributed by atoms with Gasteiger partial charge in [0.15, 0.2) is 0 Å². The van der Waals surface area contributed by atoms with Crippen LogP contribution in [0.4, 0.5) is 0 Å². The first-order valence-electron chi connectivity index (χ1n) is 6.78. The minimum atomic E-state index is -0.763. The van der Waals surface area contributed by atoms with Crippen molar-refractivity contribution in [2.45, 2.75) is 32.2 Å². The van der Waals surface area contributed by atoms with Crippen LogP contribution in [0.3, 0.4) is 0 Å². The number of rotatable bonds is 9. The summed E-state index contributed by atoms with van der Waals surface area (Å²) in [4.78, 5) is 10.8. The Morgan fingerprint density at radius 2 is 2.00 bits per heavy atom. The number of nitrogens with one attached hydrogen (secondary N) is 1. The topological polar surface area (TPSA) is 69.6 Å². The van der Waals surface area contributed by atoms with Crippen molar-refractivity contribution in [1.29, 1.82) is 0 Å². The van der Waals surface area contributed by atoms with Crippen molar-refractivity contribution in [2.24, 2.45) is 5.92 Å². The Kier molecular flexibility index (Phi) is 7.15. The van der Waals surface area contributed by atoms with E-state index in [4.69, 9.17) is 5.11 Å². The number of carbonyl (C=O) groups is 1. The molecule has 0 fully saturated rings. The molecule has 0 saturated carbocycles. The average Bonchev–Trinajstić information content (AvgIpc) is 2.40. The van der Waals surface area contributed by atoms with E-state index in [-0.39, 0.29) is 25.0 Å². The van der Waals surface area contributed by atoms with Gasteiger partial charge in [-0.1, -0.05) is 43.7 Å². The number of carboxylic acids is 1. The quantitative estimate of drug-likeness (QED) is 0.640. The summed E-state index contributed by atoms with van der Waals surface area (Å²) >= 11 is 0. The predicted octanol–water partition coefficient (Wildman–Crippen LogP) is 2.20. The number of hydrogen-bond acceptors (Lipinski definition) is 3. The summed E-state index contributed by atoms with van der Waals surface area (Å²) < 4.78 is 0. The van der Waals surface area contributed by atoms with Crippen molar-refractivity contribution in [1.82, 2.24) is 5.32 Å². The van der Waals surface area contributed by atoms with E-state index in [0.717, 1.165) is 18.4 Å². The largest absolute Gasteiger partial charge is 0.481 e. The summed E-state index contributed by atoms with van der Waals surface area (Å²) in [5.41, 5.74) is 1.02. The maximum absolute atomic E-state index is 10.8. The maximum Gasteiger partial charge on any atom is 0.303 e. The van der Waals surface area contributed by atoms with Gasteiger partial charge in [0.25, 0.3) is 0 Å². The van der Waals surface area contributed by atoms with Crippen molar-refractivity contribution in [3.05, 3.63) is 35.9 Å². The van der Waals surface area contributed by atoms with E-state index in [0.29, 0.717) is 6.54 Å². The fraction of sp³-hybridized carbons (Fsp3) is 0.533. The van der Waals surface area contributed by atoms with Gasteiger partial charge in [-0.2, -0.15) is 0 Å². The van der Waals surface area contributed by atoms with E-state index in [1.807, 2.05) is 30.3 Å². The second-order valence-electron chi connectivity index (χ2n) is 4.81. The summed E-state index contributed by atoms with van der Waals surface area (Å²) in [6.07, 6.45) is 2.02. The lowest BCUT2D eigenvalue weighted by atomic mass is 9.98. The lowest BCUT2D eigenvalue weighted by molar-refractivity contribution is -0.138. The van der Waals surface area contributed by atoms with Crippen molar-refractivity contribution in [3.8, 4) is 0 Å². The minimum absolute atomic E-state index is 0.00985. The van der Waals surface area contributed by atoms with Crippen LogP contribution >= 0.6 is 0 Å². The lowest BCUT2D eigenvalue weighted by Gasteiger charge is -2.21. The Labute approximate surface area is 114 Å². The fourth-order valence-corrected chi connectivity index (χ4v) is 2.21. The SMILES string of the molecule is CCCC(CN[C@H](CO)c1ccccc1)CC(=O)O. The van der Waals surface area contributed by atoms with E-state index < -0.39 is 5.97 Å². The van der Waals surface area contributed by atoms with Crippen LogP contribution in [0, 0.1) is 5.92 Å². The standard InChI is InChI=1S/C15H23NO3/c1-2-6-12(9-15(18)19)10-16-14(11-17)13-7-4-3-5-8-13/h3-5,7-8,12,14,16-17H,2,6,9-11H2,1H3,(H,18,19)/t12?,14-/m1/s1. The van der Waals surface area contributed by atoms with Crippen LogP contribution in [0.1, 0.15) is 37.8 Å². The first kappa shape index (κ1) is 15.7. The molecule has 1 aromatic carbocycles. The first-order chi connectivity index (χ1) is 9.17. The third-order valence-electron chi connectivity index (χ3n) is 3.20. The van der Waals surface area contributed by atoms with E-state index in [9.17, 15) is 9.90 Å². The molecule has 0 aliphatic rings. The van der Waals surface area contributed by atoms with Crippen molar-refractivity contribution in [3.63, 3.8) is 0 Å². The Morgan fingerprint density at radius 3 is 2.53 bits per heavy atom. The van der Waals surface area contributed by atoms with Gasteiger partial charge < -0.3 is 15.5 Å². The molecule has 1 unspecified atom stereocenters. The summed E-state index contributed by atoms with van der Waals surface area (Å²) in [5, 5.41) is 21.6. The van der Waals surface area contributed by atoms with Gasteiger partial charge in [0, 0.05) is 6.42 Å². The molecular formula is C15H23NO3. The number of hydrogen-bond donors (Lipinski definition) is 3. The number of aliphatic hydroxyl groups excluding tert-OH is 1. The summed E-state index contributed by atoms with van der Waals surface area (Å²) in [7, 11) is 0. The van der Waals surface area contributed by atoms with E-state index >= 15 is 0 Å². The molecule has 19 heavy (non-hydrogen) atoms. The van der Waals surface area contributed by atoms with Gasteiger partial charge >= 0.3 is 5.97 Å². The molecule has 0 spiro atoms. The van der Waals surface area contributed by atoms with E-state index in [1.165, 1.54) is 0 Å². The van der Waals surface area contributed by atoms with Gasteiger partial charge in [-0.25, -0.2) is 0 Å². The number of aliphatic hydroxyl groups is 1. The van der Waals surface area contributed by atoms with Gasteiger partial charge in [0.2, 0.25) is 0 Å². The highest BCUT2D eigenvalue weighted by molar-refractivity contribution is 5.67. The lowest BCUT2D eigenvalue weighted by Crippen LogP contribution is -2.30. The number of carboxylic acid groups (broad SMARTS) is 1. The third-order valence-corrected chi connectivity index (χ3v) is 3.20. The Hall–Kier alpha value is -1.39. The van der Waals surface area contributed by atoms with Crippen LogP contribution in [0.25, 0.3) is 0 Å². The Bertz CT molecular complexity index is 367. The van der Waals surface area contributed by atoms with Crippen molar-refractivity contribution < 1.29 is 15.0 Å².